The van der Waals surface area contributed by atoms with Crippen LogP contribution in [-0.4, -0.2) is 47.5 Å². The molecular weight excluding hydrogens is 392 g/mol. The van der Waals surface area contributed by atoms with E-state index in [1.54, 1.807) is 12.1 Å². The molecule has 2 saturated heterocycles. The van der Waals surface area contributed by atoms with Crippen LogP contribution in [0.15, 0.2) is 24.4 Å². The number of epoxide rings is 1. The summed E-state index contributed by atoms with van der Waals surface area (Å²) in [5, 5.41) is 14.4. The van der Waals surface area contributed by atoms with Gasteiger partial charge in [-0.1, -0.05) is 6.92 Å². The number of carbonyl (C=O) groups is 1. The Morgan fingerprint density at radius 3 is 3.03 bits per heavy atom. The number of phenolic OH excluding ortho intramolecular Hbond substituents is 1. The maximum absolute atomic E-state index is 12.7. The Kier molecular flexibility index (Phi) is 4.41. The van der Waals surface area contributed by atoms with Crippen LogP contribution in [0.1, 0.15) is 44.6 Å². The van der Waals surface area contributed by atoms with Crippen molar-refractivity contribution < 1.29 is 19.4 Å². The molecular formula is C25H32N2O4. The number of nitrogens with one attached hydrogen (secondary N) is 2. The molecule has 4 fully saturated rings. The molecule has 6 atom stereocenters. The van der Waals surface area contributed by atoms with Crippen LogP contribution in [0, 0.1) is 23.2 Å². The number of benzene rings is 1. The molecule has 0 bridgehead atoms. The van der Waals surface area contributed by atoms with Gasteiger partial charge in [0.1, 0.15) is 11.9 Å². The third-order valence-electron chi connectivity index (χ3n) is 8.77. The van der Waals surface area contributed by atoms with Gasteiger partial charge < -0.3 is 24.9 Å². The molecule has 6 rings (SSSR count). The van der Waals surface area contributed by atoms with E-state index in [0.29, 0.717) is 18.4 Å². The third kappa shape index (κ3) is 3.18. The standard InChI is InChI=1S/C25H32N2O4/c1-24-6-2-7-25(14-30-25)22(24)10-18-19(23(29)31-21(18)11-24)13-26-8-5-15-12-27-20-4-3-16(28)9-17(15)20/h3-4,9,12,18-19,21-22,26-28H,2,5-8,10-11,13-14H2,1H3. The highest BCUT2D eigenvalue weighted by atomic mass is 16.6. The van der Waals surface area contributed by atoms with Crippen molar-refractivity contribution in [1.82, 2.24) is 10.3 Å². The lowest BCUT2D eigenvalue weighted by Gasteiger charge is -2.51. The van der Waals surface area contributed by atoms with E-state index in [1.807, 2.05) is 12.3 Å². The first-order valence-corrected chi connectivity index (χ1v) is 11.8. The molecule has 1 aromatic heterocycles. The van der Waals surface area contributed by atoms with Crippen LogP contribution in [0.25, 0.3) is 10.9 Å². The van der Waals surface area contributed by atoms with Crippen molar-refractivity contribution >= 4 is 16.9 Å². The van der Waals surface area contributed by atoms with Crippen molar-refractivity contribution in [2.75, 3.05) is 19.7 Å². The number of phenols is 1. The lowest BCUT2D eigenvalue weighted by atomic mass is 9.53. The van der Waals surface area contributed by atoms with Gasteiger partial charge in [-0.3, -0.25) is 4.79 Å². The molecule has 4 aliphatic rings. The number of aromatic hydroxyl groups is 1. The van der Waals surface area contributed by atoms with Crippen LogP contribution in [0.2, 0.25) is 0 Å². The van der Waals surface area contributed by atoms with E-state index < -0.39 is 0 Å². The summed E-state index contributed by atoms with van der Waals surface area (Å²) in [6.45, 7) is 4.76. The quantitative estimate of drug-likeness (QED) is 0.388. The Hall–Kier alpha value is -2.05. The van der Waals surface area contributed by atoms with Gasteiger partial charge in [-0.15, -0.1) is 0 Å². The Labute approximate surface area is 182 Å². The molecule has 0 amide bonds. The van der Waals surface area contributed by atoms with Gasteiger partial charge in [0.25, 0.3) is 0 Å². The zero-order valence-electron chi connectivity index (χ0n) is 18.2. The summed E-state index contributed by atoms with van der Waals surface area (Å²) in [6.07, 6.45) is 8.62. The maximum Gasteiger partial charge on any atom is 0.310 e. The highest BCUT2D eigenvalue weighted by molar-refractivity contribution is 5.84. The van der Waals surface area contributed by atoms with E-state index in [9.17, 15) is 9.90 Å². The third-order valence-corrected chi connectivity index (χ3v) is 8.77. The number of aromatic nitrogens is 1. The predicted molar refractivity (Wildman–Crippen MR) is 117 cm³/mol. The normalized spacial score (nSPS) is 38.8. The van der Waals surface area contributed by atoms with Gasteiger partial charge >= 0.3 is 5.97 Å². The highest BCUT2D eigenvalue weighted by Crippen LogP contribution is 2.62. The molecule has 3 N–H and O–H groups in total. The van der Waals surface area contributed by atoms with Crippen LogP contribution >= 0.6 is 0 Å². The number of rotatable bonds is 5. The van der Waals surface area contributed by atoms with Crippen molar-refractivity contribution in [2.45, 2.75) is 57.2 Å². The number of hydrogen-bond acceptors (Lipinski definition) is 5. The Bertz CT molecular complexity index is 1010. The molecule has 0 radical (unpaired) electrons. The SMILES string of the molecule is CC12CCCC3(CO3)C1CC1C(C2)OC(=O)C1CNCCc1c[nH]c2ccc(O)cc12. The monoisotopic (exact) mass is 424 g/mol. The van der Waals surface area contributed by atoms with E-state index in [0.717, 1.165) is 43.3 Å². The smallest absolute Gasteiger partial charge is 0.310 e. The number of aromatic amines is 1. The number of hydrogen-bond donors (Lipinski definition) is 3. The number of esters is 1. The van der Waals surface area contributed by atoms with Crippen LogP contribution in [-0.2, 0) is 20.7 Å². The lowest BCUT2D eigenvalue weighted by molar-refractivity contribution is -0.147. The van der Waals surface area contributed by atoms with Crippen LogP contribution in [0.4, 0.5) is 0 Å². The highest BCUT2D eigenvalue weighted by Gasteiger charge is 2.64. The van der Waals surface area contributed by atoms with Crippen LogP contribution < -0.4 is 5.32 Å². The minimum atomic E-state index is -0.0562. The molecule has 2 saturated carbocycles. The molecule has 6 unspecified atom stereocenters. The molecule has 2 aliphatic heterocycles. The molecule has 2 aromatic rings. The number of carbonyl (C=O) groups excluding carboxylic acids is 1. The van der Waals surface area contributed by atoms with Gasteiger partial charge in [-0.2, -0.15) is 0 Å². The first kappa shape index (κ1) is 19.6. The molecule has 3 heterocycles. The lowest BCUT2D eigenvalue weighted by Crippen LogP contribution is -2.51. The summed E-state index contributed by atoms with van der Waals surface area (Å²) < 4.78 is 11.9. The summed E-state index contributed by atoms with van der Waals surface area (Å²) in [6, 6.07) is 5.40. The number of fused-ring (bicyclic) bond motifs is 4. The van der Waals surface area contributed by atoms with Gasteiger partial charge in [0, 0.05) is 29.6 Å². The van der Waals surface area contributed by atoms with Crippen LogP contribution in [0.3, 0.4) is 0 Å². The van der Waals surface area contributed by atoms with E-state index in [-0.39, 0.29) is 34.8 Å². The first-order valence-electron chi connectivity index (χ1n) is 11.8. The second-order valence-electron chi connectivity index (χ2n) is 10.6. The average Bonchev–Trinajstić information content (AvgIpc) is 3.29. The summed E-state index contributed by atoms with van der Waals surface area (Å²) in [4.78, 5) is 16.0. The molecule has 6 heteroatoms. The molecule has 1 aromatic carbocycles. The Balaban J connectivity index is 1.10. The second kappa shape index (κ2) is 6.97. The molecule has 2 aliphatic carbocycles. The van der Waals surface area contributed by atoms with Gasteiger partial charge in [-0.25, -0.2) is 0 Å². The molecule has 1 spiro atoms. The molecule has 6 nitrogen and oxygen atoms in total. The minimum Gasteiger partial charge on any atom is -0.508 e. The van der Waals surface area contributed by atoms with Crippen molar-refractivity contribution in [2.24, 2.45) is 23.2 Å². The topological polar surface area (TPSA) is 86.9 Å². The maximum atomic E-state index is 12.7. The van der Waals surface area contributed by atoms with Gasteiger partial charge in [0.15, 0.2) is 0 Å². The van der Waals surface area contributed by atoms with Crippen molar-refractivity contribution in [3.05, 3.63) is 30.0 Å². The fraction of sp³-hybridized carbons (Fsp3) is 0.640. The number of ether oxygens (including phenoxy) is 2. The first-order chi connectivity index (χ1) is 15.0. The Morgan fingerprint density at radius 1 is 1.32 bits per heavy atom. The van der Waals surface area contributed by atoms with E-state index in [2.05, 4.69) is 17.2 Å². The zero-order chi connectivity index (χ0) is 21.2. The minimum absolute atomic E-state index is 0.0208. The number of H-pyrrole nitrogens is 1. The fourth-order valence-corrected chi connectivity index (χ4v) is 7.04. The second-order valence-corrected chi connectivity index (χ2v) is 10.6. The fourth-order valence-electron chi connectivity index (χ4n) is 7.04. The van der Waals surface area contributed by atoms with Gasteiger partial charge in [0.05, 0.1) is 18.1 Å². The van der Waals surface area contributed by atoms with E-state index >= 15 is 0 Å². The predicted octanol–water partition coefficient (Wildman–Crippen LogP) is 3.53. The van der Waals surface area contributed by atoms with Gasteiger partial charge in [0.2, 0.25) is 0 Å². The summed E-state index contributed by atoms with van der Waals surface area (Å²) >= 11 is 0. The van der Waals surface area contributed by atoms with Crippen molar-refractivity contribution in [1.29, 1.82) is 0 Å². The average molecular weight is 425 g/mol. The largest absolute Gasteiger partial charge is 0.508 e. The summed E-state index contributed by atoms with van der Waals surface area (Å²) in [7, 11) is 0. The molecule has 31 heavy (non-hydrogen) atoms. The van der Waals surface area contributed by atoms with E-state index in [4.69, 9.17) is 9.47 Å². The van der Waals surface area contributed by atoms with Gasteiger partial charge in [-0.05, 0) is 80.2 Å². The Morgan fingerprint density at radius 2 is 2.19 bits per heavy atom. The van der Waals surface area contributed by atoms with Crippen molar-refractivity contribution in [3.8, 4) is 5.75 Å². The van der Waals surface area contributed by atoms with E-state index in [1.165, 1.54) is 24.8 Å². The van der Waals surface area contributed by atoms with Crippen molar-refractivity contribution in [3.63, 3.8) is 0 Å². The molecule has 166 valence electrons. The van der Waals surface area contributed by atoms with Crippen LogP contribution in [0.5, 0.6) is 5.75 Å². The summed E-state index contributed by atoms with van der Waals surface area (Å²) in [5.74, 6) is 1.07. The zero-order valence-corrected chi connectivity index (χ0v) is 18.2. The summed E-state index contributed by atoms with van der Waals surface area (Å²) in [5.41, 5.74) is 2.56.